The molecule has 0 atom stereocenters. The summed E-state index contributed by atoms with van der Waals surface area (Å²) in [5.74, 6) is 0. The molecule has 0 aliphatic rings. The van der Waals surface area contributed by atoms with Crippen LogP contribution < -0.4 is 0 Å². The summed E-state index contributed by atoms with van der Waals surface area (Å²) in [5.41, 5.74) is 5.71. The Morgan fingerprint density at radius 3 is 2.29 bits per heavy atom. The maximum atomic E-state index is 6.33. The van der Waals surface area contributed by atoms with Crippen LogP contribution in [0, 0.1) is 6.92 Å². The topological polar surface area (TPSA) is 30.7 Å². The molecule has 0 radical (unpaired) electrons. The number of nitrogens with zero attached hydrogens (tertiary/aromatic N) is 3. The first-order valence-electron chi connectivity index (χ1n) is 8.92. The van der Waals surface area contributed by atoms with Gasteiger partial charge in [0, 0.05) is 21.0 Å². The van der Waals surface area contributed by atoms with Gasteiger partial charge < -0.3 is 0 Å². The maximum Gasteiger partial charge on any atom is 0.164 e. The smallest absolute Gasteiger partial charge is 0.164 e. The molecular formula is C23H15Cl2N3. The fourth-order valence-electron chi connectivity index (χ4n) is 3.63. The molecule has 0 amide bonds. The lowest BCUT2D eigenvalue weighted by atomic mass is 9.97. The van der Waals surface area contributed by atoms with Gasteiger partial charge in [0.15, 0.2) is 5.65 Å². The molecule has 2 aromatic heterocycles. The third-order valence-electron chi connectivity index (χ3n) is 4.87. The average Bonchev–Trinajstić information content (AvgIpc) is 3.04. The molecule has 5 aromatic rings. The number of fused-ring (bicyclic) bond motifs is 2. The van der Waals surface area contributed by atoms with Gasteiger partial charge in [-0.25, -0.2) is 9.67 Å². The van der Waals surface area contributed by atoms with Gasteiger partial charge in [-0.1, -0.05) is 53.5 Å². The van der Waals surface area contributed by atoms with Crippen molar-refractivity contribution in [2.24, 2.45) is 0 Å². The number of rotatable bonds is 2. The van der Waals surface area contributed by atoms with E-state index >= 15 is 0 Å². The standard InChI is InChI=1S/C23H15Cl2N3/c1-14-21-22(15-7-9-16(24)10-8-15)19-13-17(25)11-12-20(19)26-23(21)28(27-14)18-5-3-2-4-6-18/h2-13H,1H3. The minimum atomic E-state index is 0.678. The third-order valence-corrected chi connectivity index (χ3v) is 5.36. The Balaban J connectivity index is 1.95. The van der Waals surface area contributed by atoms with Gasteiger partial charge in [0.25, 0.3) is 0 Å². The predicted octanol–water partition coefficient (Wildman–Crippen LogP) is 6.86. The molecule has 0 spiro atoms. The van der Waals surface area contributed by atoms with Crippen molar-refractivity contribution in [1.82, 2.24) is 14.8 Å². The van der Waals surface area contributed by atoms with E-state index in [1.54, 1.807) is 0 Å². The fourth-order valence-corrected chi connectivity index (χ4v) is 3.93. The lowest BCUT2D eigenvalue weighted by molar-refractivity contribution is 0.879. The van der Waals surface area contributed by atoms with Gasteiger partial charge in [0.1, 0.15) is 0 Å². The quantitative estimate of drug-likeness (QED) is 0.322. The zero-order chi connectivity index (χ0) is 19.3. The van der Waals surface area contributed by atoms with E-state index in [9.17, 15) is 0 Å². The second kappa shape index (κ2) is 6.62. The number of benzene rings is 3. The molecule has 0 N–H and O–H groups in total. The molecule has 0 aliphatic carbocycles. The number of pyridine rings is 1. The average molecular weight is 404 g/mol. The molecule has 0 bridgehead atoms. The molecule has 3 aromatic carbocycles. The maximum absolute atomic E-state index is 6.33. The lowest BCUT2D eigenvalue weighted by Crippen LogP contribution is -1.98. The summed E-state index contributed by atoms with van der Waals surface area (Å²) >= 11 is 12.5. The lowest BCUT2D eigenvalue weighted by Gasteiger charge is -2.11. The van der Waals surface area contributed by atoms with Crippen LogP contribution >= 0.6 is 23.2 Å². The highest BCUT2D eigenvalue weighted by Crippen LogP contribution is 2.38. The monoisotopic (exact) mass is 403 g/mol. The van der Waals surface area contributed by atoms with Crippen molar-refractivity contribution in [3.8, 4) is 16.8 Å². The Morgan fingerprint density at radius 1 is 0.821 bits per heavy atom. The summed E-state index contributed by atoms with van der Waals surface area (Å²) < 4.78 is 1.90. The van der Waals surface area contributed by atoms with E-state index < -0.39 is 0 Å². The van der Waals surface area contributed by atoms with Crippen LogP contribution in [0.5, 0.6) is 0 Å². The van der Waals surface area contributed by atoms with Crippen molar-refractivity contribution in [2.75, 3.05) is 0 Å². The third kappa shape index (κ3) is 2.75. The van der Waals surface area contributed by atoms with Crippen molar-refractivity contribution < 1.29 is 0 Å². The number of hydrogen-bond donors (Lipinski definition) is 0. The molecule has 5 heteroatoms. The molecule has 0 fully saturated rings. The number of para-hydroxylation sites is 1. The van der Waals surface area contributed by atoms with Gasteiger partial charge in [0.2, 0.25) is 0 Å². The van der Waals surface area contributed by atoms with Gasteiger partial charge in [0.05, 0.1) is 22.3 Å². The first-order valence-corrected chi connectivity index (χ1v) is 9.67. The van der Waals surface area contributed by atoms with Crippen LogP contribution in [0.25, 0.3) is 38.8 Å². The van der Waals surface area contributed by atoms with Gasteiger partial charge in [-0.3, -0.25) is 0 Å². The summed E-state index contributed by atoms with van der Waals surface area (Å²) in [6.45, 7) is 2.01. The molecule has 3 nitrogen and oxygen atoms in total. The molecular weight excluding hydrogens is 389 g/mol. The molecule has 0 aliphatic heterocycles. The Kier molecular flexibility index (Phi) is 4.08. The van der Waals surface area contributed by atoms with E-state index in [0.29, 0.717) is 10.0 Å². The van der Waals surface area contributed by atoms with Gasteiger partial charge in [-0.05, 0) is 55.0 Å². The van der Waals surface area contributed by atoms with Gasteiger partial charge in [-0.15, -0.1) is 0 Å². The van der Waals surface area contributed by atoms with E-state index in [-0.39, 0.29) is 0 Å². The van der Waals surface area contributed by atoms with Crippen LogP contribution in [0.2, 0.25) is 10.0 Å². The van der Waals surface area contributed by atoms with Crippen LogP contribution in [0.3, 0.4) is 0 Å². The summed E-state index contributed by atoms with van der Waals surface area (Å²) in [7, 11) is 0. The van der Waals surface area contributed by atoms with Crippen molar-refractivity contribution in [3.63, 3.8) is 0 Å². The SMILES string of the molecule is Cc1nn(-c2ccccc2)c2nc3ccc(Cl)cc3c(-c3ccc(Cl)cc3)c12. The highest BCUT2D eigenvalue weighted by molar-refractivity contribution is 6.32. The van der Waals surface area contributed by atoms with E-state index in [1.807, 2.05) is 84.4 Å². The van der Waals surface area contributed by atoms with Crippen LogP contribution in [0.4, 0.5) is 0 Å². The van der Waals surface area contributed by atoms with Crippen molar-refractivity contribution in [2.45, 2.75) is 6.92 Å². The molecule has 136 valence electrons. The fraction of sp³-hybridized carbons (Fsp3) is 0.0435. The largest absolute Gasteiger partial charge is 0.228 e. The predicted molar refractivity (Wildman–Crippen MR) is 117 cm³/mol. The van der Waals surface area contributed by atoms with E-state index in [4.69, 9.17) is 33.3 Å². The summed E-state index contributed by atoms with van der Waals surface area (Å²) in [6.07, 6.45) is 0. The van der Waals surface area contributed by atoms with E-state index in [2.05, 4.69) is 0 Å². The normalized spacial score (nSPS) is 11.4. The molecule has 0 saturated heterocycles. The second-order valence-electron chi connectivity index (χ2n) is 6.69. The zero-order valence-electron chi connectivity index (χ0n) is 15.0. The minimum Gasteiger partial charge on any atom is -0.228 e. The van der Waals surface area contributed by atoms with Crippen molar-refractivity contribution >= 4 is 45.1 Å². The summed E-state index contributed by atoms with van der Waals surface area (Å²) in [6, 6.07) is 23.7. The molecule has 28 heavy (non-hydrogen) atoms. The number of hydrogen-bond acceptors (Lipinski definition) is 2. The van der Waals surface area contributed by atoms with E-state index in [1.165, 1.54) is 0 Å². The Morgan fingerprint density at radius 2 is 1.54 bits per heavy atom. The molecule has 0 saturated carbocycles. The van der Waals surface area contributed by atoms with Crippen LogP contribution in [0.15, 0.2) is 72.8 Å². The highest BCUT2D eigenvalue weighted by Gasteiger charge is 2.19. The number of halogens is 2. The first kappa shape index (κ1) is 17.2. The zero-order valence-corrected chi connectivity index (χ0v) is 16.5. The van der Waals surface area contributed by atoms with Gasteiger partial charge in [-0.2, -0.15) is 5.10 Å². The summed E-state index contributed by atoms with van der Waals surface area (Å²) in [4.78, 5) is 4.94. The first-order chi connectivity index (χ1) is 13.6. The van der Waals surface area contributed by atoms with Crippen molar-refractivity contribution in [3.05, 3.63) is 88.5 Å². The Hall–Kier alpha value is -2.88. The van der Waals surface area contributed by atoms with Gasteiger partial charge >= 0.3 is 0 Å². The molecule has 2 heterocycles. The minimum absolute atomic E-state index is 0.678. The van der Waals surface area contributed by atoms with Crippen LogP contribution in [-0.2, 0) is 0 Å². The number of aromatic nitrogens is 3. The summed E-state index contributed by atoms with van der Waals surface area (Å²) in [5, 5.41) is 8.20. The van der Waals surface area contributed by atoms with Crippen LogP contribution in [-0.4, -0.2) is 14.8 Å². The molecule has 5 rings (SSSR count). The Bertz CT molecular complexity index is 1320. The van der Waals surface area contributed by atoms with Crippen LogP contribution in [0.1, 0.15) is 5.69 Å². The molecule has 0 unspecified atom stereocenters. The van der Waals surface area contributed by atoms with Crippen molar-refractivity contribution in [1.29, 1.82) is 0 Å². The second-order valence-corrected chi connectivity index (χ2v) is 7.56. The number of aryl methyl sites for hydroxylation is 1. The van der Waals surface area contributed by atoms with E-state index in [0.717, 1.165) is 44.4 Å². The Labute approximate surface area is 172 Å². The highest BCUT2D eigenvalue weighted by atomic mass is 35.5.